The van der Waals surface area contributed by atoms with Gasteiger partial charge in [0, 0.05) is 27.5 Å². The van der Waals surface area contributed by atoms with E-state index in [-0.39, 0.29) is 17.4 Å². The SMILES string of the molecule is CC(=O)c1cccc(NC(=O)CSc2nnc(-c3ccc(Cl)cc3)n2-c2ccccc2)c1. The Hall–Kier alpha value is -3.42. The number of anilines is 1. The molecular formula is C24H19ClN4O2S. The molecule has 0 saturated carbocycles. The third-order valence-electron chi connectivity index (χ3n) is 4.64. The van der Waals surface area contributed by atoms with Crippen LogP contribution >= 0.6 is 23.4 Å². The minimum Gasteiger partial charge on any atom is -0.325 e. The number of rotatable bonds is 7. The minimum absolute atomic E-state index is 0.0545. The molecular weight excluding hydrogens is 444 g/mol. The average Bonchev–Trinajstić information content (AvgIpc) is 3.23. The van der Waals surface area contributed by atoms with Gasteiger partial charge in [-0.2, -0.15) is 0 Å². The number of thioether (sulfide) groups is 1. The van der Waals surface area contributed by atoms with Gasteiger partial charge in [0.1, 0.15) is 0 Å². The molecule has 3 aromatic carbocycles. The molecule has 4 rings (SSSR count). The topological polar surface area (TPSA) is 76.9 Å². The van der Waals surface area contributed by atoms with E-state index in [1.165, 1.54) is 18.7 Å². The van der Waals surface area contributed by atoms with E-state index in [0.29, 0.717) is 27.3 Å². The lowest BCUT2D eigenvalue weighted by molar-refractivity contribution is -0.113. The summed E-state index contributed by atoms with van der Waals surface area (Å²) in [6, 6.07) is 24.0. The fourth-order valence-corrected chi connectivity index (χ4v) is 3.98. The van der Waals surface area contributed by atoms with Crippen molar-refractivity contribution in [3.05, 3.63) is 89.4 Å². The molecule has 0 saturated heterocycles. The van der Waals surface area contributed by atoms with Gasteiger partial charge in [0.2, 0.25) is 5.91 Å². The average molecular weight is 463 g/mol. The molecule has 0 spiro atoms. The van der Waals surface area contributed by atoms with Crippen LogP contribution in [0.15, 0.2) is 84.0 Å². The molecule has 1 amide bonds. The second kappa shape index (κ2) is 9.80. The van der Waals surface area contributed by atoms with Crippen LogP contribution in [0.1, 0.15) is 17.3 Å². The predicted molar refractivity (Wildman–Crippen MR) is 128 cm³/mol. The molecule has 8 heteroatoms. The number of aromatic nitrogens is 3. The summed E-state index contributed by atoms with van der Waals surface area (Å²) >= 11 is 7.31. The second-order valence-corrected chi connectivity index (χ2v) is 8.34. The minimum atomic E-state index is -0.202. The van der Waals surface area contributed by atoms with Gasteiger partial charge in [0.25, 0.3) is 0 Å². The predicted octanol–water partition coefficient (Wildman–Crippen LogP) is 5.52. The third kappa shape index (κ3) is 5.07. The Labute approximate surface area is 194 Å². The molecule has 0 aliphatic rings. The number of carbonyl (C=O) groups is 2. The van der Waals surface area contributed by atoms with Gasteiger partial charge in [-0.1, -0.05) is 53.7 Å². The second-order valence-electron chi connectivity index (χ2n) is 6.96. The van der Waals surface area contributed by atoms with Crippen LogP contribution in [-0.2, 0) is 4.79 Å². The van der Waals surface area contributed by atoms with Crippen molar-refractivity contribution in [3.8, 4) is 17.1 Å². The first-order valence-electron chi connectivity index (χ1n) is 9.82. The normalized spacial score (nSPS) is 10.7. The van der Waals surface area contributed by atoms with Gasteiger partial charge in [-0.05, 0) is 55.5 Å². The fraction of sp³-hybridized carbons (Fsp3) is 0.0833. The van der Waals surface area contributed by atoms with Crippen LogP contribution in [0.2, 0.25) is 5.02 Å². The van der Waals surface area contributed by atoms with Gasteiger partial charge >= 0.3 is 0 Å². The van der Waals surface area contributed by atoms with Crippen molar-refractivity contribution in [2.75, 3.05) is 11.1 Å². The molecule has 6 nitrogen and oxygen atoms in total. The van der Waals surface area contributed by atoms with Crippen LogP contribution in [0.4, 0.5) is 5.69 Å². The lowest BCUT2D eigenvalue weighted by atomic mass is 10.1. The summed E-state index contributed by atoms with van der Waals surface area (Å²) in [5.74, 6) is 0.535. The maximum atomic E-state index is 12.5. The zero-order chi connectivity index (χ0) is 22.5. The number of para-hydroxylation sites is 1. The smallest absolute Gasteiger partial charge is 0.234 e. The van der Waals surface area contributed by atoms with Gasteiger partial charge in [0.05, 0.1) is 5.75 Å². The number of Topliss-reactive ketones (excluding diaryl/α,β-unsaturated/α-hetero) is 1. The van der Waals surface area contributed by atoms with Crippen molar-refractivity contribution in [3.63, 3.8) is 0 Å². The van der Waals surface area contributed by atoms with Gasteiger partial charge < -0.3 is 5.32 Å². The zero-order valence-corrected chi connectivity index (χ0v) is 18.7. The van der Waals surface area contributed by atoms with Crippen LogP contribution in [0.3, 0.4) is 0 Å². The molecule has 4 aromatic rings. The molecule has 0 unspecified atom stereocenters. The number of amides is 1. The quantitative estimate of drug-likeness (QED) is 0.289. The fourth-order valence-electron chi connectivity index (χ4n) is 3.10. The van der Waals surface area contributed by atoms with E-state index in [4.69, 9.17) is 11.6 Å². The number of halogens is 1. The maximum Gasteiger partial charge on any atom is 0.234 e. The highest BCUT2D eigenvalue weighted by atomic mass is 35.5. The molecule has 0 radical (unpaired) electrons. The number of benzene rings is 3. The molecule has 32 heavy (non-hydrogen) atoms. The lowest BCUT2D eigenvalue weighted by Gasteiger charge is -2.11. The third-order valence-corrected chi connectivity index (χ3v) is 5.82. The first-order valence-corrected chi connectivity index (χ1v) is 11.2. The van der Waals surface area contributed by atoms with E-state index in [0.717, 1.165) is 11.3 Å². The highest BCUT2D eigenvalue weighted by molar-refractivity contribution is 7.99. The van der Waals surface area contributed by atoms with Crippen molar-refractivity contribution in [1.29, 1.82) is 0 Å². The standard InChI is InChI=1S/C24H19ClN4O2S/c1-16(30)18-6-5-7-20(14-18)26-22(31)15-32-24-28-27-23(17-10-12-19(25)13-11-17)29(24)21-8-3-2-4-9-21/h2-14H,15H2,1H3,(H,26,31). The Bertz CT molecular complexity index is 1260. The molecule has 1 heterocycles. The first-order chi connectivity index (χ1) is 15.5. The molecule has 0 atom stereocenters. The van der Waals surface area contributed by atoms with Crippen LogP contribution in [0.25, 0.3) is 17.1 Å². The Morgan fingerprint density at radius 3 is 2.44 bits per heavy atom. The monoisotopic (exact) mass is 462 g/mol. The van der Waals surface area contributed by atoms with E-state index in [9.17, 15) is 9.59 Å². The van der Waals surface area contributed by atoms with Gasteiger partial charge in [-0.25, -0.2) is 0 Å². The summed E-state index contributed by atoms with van der Waals surface area (Å²) in [6.45, 7) is 1.49. The highest BCUT2D eigenvalue weighted by Crippen LogP contribution is 2.28. The molecule has 0 bridgehead atoms. The molecule has 1 N–H and O–H groups in total. The van der Waals surface area contributed by atoms with E-state index in [2.05, 4.69) is 15.5 Å². The van der Waals surface area contributed by atoms with Gasteiger partial charge in [0.15, 0.2) is 16.8 Å². The first kappa shape index (κ1) is 21.8. The number of nitrogens with one attached hydrogen (secondary N) is 1. The summed E-state index contributed by atoms with van der Waals surface area (Å²) in [6.07, 6.45) is 0. The summed E-state index contributed by atoms with van der Waals surface area (Å²) in [5, 5.41) is 12.7. The van der Waals surface area contributed by atoms with E-state index in [1.807, 2.05) is 47.0 Å². The van der Waals surface area contributed by atoms with Crippen molar-refractivity contribution in [1.82, 2.24) is 14.8 Å². The molecule has 1 aromatic heterocycles. The van der Waals surface area contributed by atoms with Crippen molar-refractivity contribution < 1.29 is 9.59 Å². The molecule has 0 aliphatic carbocycles. The van der Waals surface area contributed by atoms with Crippen LogP contribution in [0, 0.1) is 0 Å². The van der Waals surface area contributed by atoms with E-state index in [1.54, 1.807) is 36.4 Å². The van der Waals surface area contributed by atoms with Crippen LogP contribution < -0.4 is 5.32 Å². The molecule has 0 aliphatic heterocycles. The molecule has 160 valence electrons. The Kier molecular flexibility index (Phi) is 6.68. The van der Waals surface area contributed by atoms with Crippen LogP contribution in [0.5, 0.6) is 0 Å². The maximum absolute atomic E-state index is 12.5. The van der Waals surface area contributed by atoms with Crippen molar-refractivity contribution in [2.24, 2.45) is 0 Å². The largest absolute Gasteiger partial charge is 0.325 e. The van der Waals surface area contributed by atoms with Crippen LogP contribution in [-0.4, -0.2) is 32.2 Å². The van der Waals surface area contributed by atoms with Gasteiger partial charge in [-0.3, -0.25) is 14.2 Å². The van der Waals surface area contributed by atoms with E-state index < -0.39 is 0 Å². The van der Waals surface area contributed by atoms with E-state index >= 15 is 0 Å². The summed E-state index contributed by atoms with van der Waals surface area (Å²) in [4.78, 5) is 24.1. The summed E-state index contributed by atoms with van der Waals surface area (Å²) in [5.41, 5.74) is 2.88. The number of ketones is 1. The van der Waals surface area contributed by atoms with Gasteiger partial charge in [-0.15, -0.1) is 10.2 Å². The number of carbonyl (C=O) groups excluding carboxylic acids is 2. The lowest BCUT2D eigenvalue weighted by Crippen LogP contribution is -2.15. The Morgan fingerprint density at radius 1 is 0.969 bits per heavy atom. The zero-order valence-electron chi connectivity index (χ0n) is 17.2. The number of hydrogen-bond donors (Lipinski definition) is 1. The number of nitrogens with zero attached hydrogens (tertiary/aromatic N) is 3. The highest BCUT2D eigenvalue weighted by Gasteiger charge is 2.17. The van der Waals surface area contributed by atoms with Crippen molar-refractivity contribution in [2.45, 2.75) is 12.1 Å². The Balaban J connectivity index is 1.56. The molecule has 0 fully saturated rings. The summed E-state index contributed by atoms with van der Waals surface area (Å²) in [7, 11) is 0. The summed E-state index contributed by atoms with van der Waals surface area (Å²) < 4.78 is 1.91. The van der Waals surface area contributed by atoms with Crippen molar-refractivity contribution >= 4 is 40.7 Å². The number of hydrogen-bond acceptors (Lipinski definition) is 5. The Morgan fingerprint density at radius 2 is 1.72 bits per heavy atom.